The Labute approximate surface area is 187 Å². The third kappa shape index (κ3) is 4.59. The number of quaternary nitrogens is 1. The molecule has 2 heterocycles. The lowest BCUT2D eigenvalue weighted by molar-refractivity contribution is -0.837. The van der Waals surface area contributed by atoms with Crippen LogP contribution >= 0.6 is 27.5 Å². The van der Waals surface area contributed by atoms with E-state index in [4.69, 9.17) is 16.0 Å². The van der Waals surface area contributed by atoms with Gasteiger partial charge in [-0.05, 0) is 42.0 Å². The second kappa shape index (κ2) is 9.04. The second-order valence-electron chi connectivity index (χ2n) is 6.98. The molecule has 1 saturated heterocycles. The zero-order valence-corrected chi connectivity index (χ0v) is 18.3. The van der Waals surface area contributed by atoms with Gasteiger partial charge >= 0.3 is 0 Å². The molecule has 0 atom stereocenters. The number of hydrogen-bond acceptors (Lipinski definition) is 4. The topological polar surface area (TPSA) is 73.3 Å². The lowest BCUT2D eigenvalue weighted by atomic mass is 10.2. The van der Waals surface area contributed by atoms with Crippen molar-refractivity contribution >= 4 is 51.0 Å². The summed E-state index contributed by atoms with van der Waals surface area (Å²) in [6.45, 7) is 2.99. The van der Waals surface area contributed by atoms with Gasteiger partial charge in [-0.2, -0.15) is 0 Å². The molecule has 1 aliphatic rings. The Morgan fingerprint density at radius 1 is 1.20 bits per heavy atom. The number of rotatable bonds is 4. The maximum Gasteiger partial charge on any atom is 0.289 e. The van der Waals surface area contributed by atoms with E-state index in [0.29, 0.717) is 33.9 Å². The fourth-order valence-corrected chi connectivity index (χ4v) is 4.26. The Bertz CT molecular complexity index is 1060. The summed E-state index contributed by atoms with van der Waals surface area (Å²) in [5.41, 5.74) is 2.33. The minimum atomic E-state index is -0.147. The predicted octanol–water partition coefficient (Wildman–Crippen LogP) is 3.19. The van der Waals surface area contributed by atoms with Crippen molar-refractivity contribution in [1.29, 1.82) is 0 Å². The van der Waals surface area contributed by atoms with Crippen LogP contribution in [0.5, 0.6) is 5.75 Å². The van der Waals surface area contributed by atoms with Crippen molar-refractivity contribution in [3.8, 4) is 5.75 Å². The first kappa shape index (κ1) is 20.7. The molecule has 4 rings (SSSR count). The highest BCUT2D eigenvalue weighted by Gasteiger charge is 2.26. The molecule has 0 unspecified atom stereocenters. The highest BCUT2D eigenvalue weighted by Crippen LogP contribution is 2.28. The van der Waals surface area contributed by atoms with Gasteiger partial charge in [0.25, 0.3) is 5.91 Å². The molecule has 6 nitrogen and oxygen atoms in total. The van der Waals surface area contributed by atoms with Crippen molar-refractivity contribution in [1.82, 2.24) is 4.90 Å². The summed E-state index contributed by atoms with van der Waals surface area (Å²) >= 11 is 9.22. The van der Waals surface area contributed by atoms with Crippen molar-refractivity contribution in [2.24, 2.45) is 4.99 Å². The van der Waals surface area contributed by atoms with Gasteiger partial charge in [0.2, 0.25) is 0 Å². The molecular formula is C22H19BrClN3O3. The van der Waals surface area contributed by atoms with E-state index in [1.54, 1.807) is 24.3 Å². The minimum absolute atomic E-state index is 0.0610. The Morgan fingerprint density at radius 3 is 2.60 bits per heavy atom. The van der Waals surface area contributed by atoms with Gasteiger partial charge in [-0.25, -0.2) is 0 Å². The van der Waals surface area contributed by atoms with Crippen molar-refractivity contribution in [2.75, 3.05) is 26.2 Å². The number of nitrogens with zero attached hydrogens (tertiary/aromatic N) is 2. The Hall–Kier alpha value is -2.61. The van der Waals surface area contributed by atoms with Gasteiger partial charge in [-0.15, -0.1) is 0 Å². The van der Waals surface area contributed by atoms with Crippen LogP contribution in [0.15, 0.2) is 68.7 Å². The van der Waals surface area contributed by atoms with Gasteiger partial charge < -0.3 is 14.4 Å². The van der Waals surface area contributed by atoms with E-state index in [0.717, 1.165) is 24.5 Å². The minimum Gasteiger partial charge on any atom is -0.871 e. The van der Waals surface area contributed by atoms with Crippen LogP contribution in [0.3, 0.4) is 0 Å². The zero-order valence-electron chi connectivity index (χ0n) is 16.0. The van der Waals surface area contributed by atoms with Crippen molar-refractivity contribution in [2.45, 2.75) is 0 Å². The monoisotopic (exact) mass is 487 g/mol. The molecule has 0 radical (unpaired) electrons. The van der Waals surface area contributed by atoms with E-state index >= 15 is 0 Å². The number of halogens is 2. The predicted molar refractivity (Wildman–Crippen MR) is 117 cm³/mol. The van der Waals surface area contributed by atoms with Crippen molar-refractivity contribution < 1.29 is 19.2 Å². The summed E-state index contributed by atoms with van der Waals surface area (Å²) in [7, 11) is 0. The molecule has 154 valence electrons. The van der Waals surface area contributed by atoms with Gasteiger partial charge in [0.05, 0.1) is 38.1 Å². The number of piperazine rings is 1. The molecule has 1 aromatic heterocycles. The largest absolute Gasteiger partial charge is 0.871 e. The van der Waals surface area contributed by atoms with Crippen LogP contribution in [0.4, 0.5) is 11.4 Å². The van der Waals surface area contributed by atoms with E-state index in [1.807, 2.05) is 29.2 Å². The van der Waals surface area contributed by atoms with Gasteiger partial charge in [0.15, 0.2) is 5.76 Å². The van der Waals surface area contributed by atoms with Gasteiger partial charge in [0.1, 0.15) is 5.69 Å². The Kier molecular flexibility index (Phi) is 6.22. The van der Waals surface area contributed by atoms with Crippen LogP contribution in [0.1, 0.15) is 16.1 Å². The number of amides is 1. The number of carbonyl (C=O) groups excluding carboxylic acids is 1. The fourth-order valence-electron chi connectivity index (χ4n) is 3.43. The standard InChI is InChI=1S/C22H19BrClN3O3/c23-19-13-16(24)12-15(21(19)28)14-25-17-3-5-18(6-4-17)26-7-9-27(10-8-26)22(29)20-2-1-11-30-20/h1-6,11-14,28H,7-10H2. The third-order valence-corrected chi connectivity index (χ3v) is 5.86. The molecule has 1 N–H and O–H groups in total. The highest BCUT2D eigenvalue weighted by molar-refractivity contribution is 9.10. The summed E-state index contributed by atoms with van der Waals surface area (Å²) in [5.74, 6) is 0.175. The van der Waals surface area contributed by atoms with E-state index in [2.05, 4.69) is 20.9 Å². The van der Waals surface area contributed by atoms with E-state index < -0.39 is 0 Å². The lowest BCUT2D eigenvalue weighted by Crippen LogP contribution is -3.10. The van der Waals surface area contributed by atoms with Crippen molar-refractivity contribution in [3.63, 3.8) is 0 Å². The van der Waals surface area contributed by atoms with Gasteiger partial charge in [-0.1, -0.05) is 33.3 Å². The first-order chi connectivity index (χ1) is 14.5. The van der Waals surface area contributed by atoms with Crippen molar-refractivity contribution in [3.05, 3.63) is 75.6 Å². The fraction of sp³-hybridized carbons (Fsp3) is 0.182. The first-order valence-electron chi connectivity index (χ1n) is 9.49. The summed E-state index contributed by atoms with van der Waals surface area (Å²) in [6.07, 6.45) is 3.04. The molecule has 8 heteroatoms. The number of carbonyl (C=O) groups is 1. The summed E-state index contributed by atoms with van der Waals surface area (Å²) < 4.78 is 5.62. The Balaban J connectivity index is 1.38. The highest BCUT2D eigenvalue weighted by atomic mass is 79.9. The normalized spacial score (nSPS) is 15.1. The van der Waals surface area contributed by atoms with Crippen LogP contribution in [-0.4, -0.2) is 43.2 Å². The van der Waals surface area contributed by atoms with Crippen LogP contribution in [0.2, 0.25) is 5.02 Å². The lowest BCUT2D eigenvalue weighted by Gasteiger charge is -2.31. The van der Waals surface area contributed by atoms with E-state index in [-0.39, 0.29) is 11.7 Å². The summed E-state index contributed by atoms with van der Waals surface area (Å²) in [6, 6.07) is 14.5. The molecule has 0 saturated carbocycles. The van der Waals surface area contributed by atoms with Gasteiger partial charge in [0, 0.05) is 27.8 Å². The number of benzene rings is 2. The molecule has 2 aromatic carbocycles. The number of nitrogens with one attached hydrogen (secondary N) is 1. The molecule has 0 spiro atoms. The quantitative estimate of drug-likeness (QED) is 0.573. The number of hydrogen-bond donors (Lipinski definition) is 1. The molecular weight excluding hydrogens is 470 g/mol. The SMILES string of the molecule is O=C(c1ccco1)N1CC[NH+](c2ccc(N=Cc3cc(Cl)cc(Br)c3[O-])cc2)CC1. The van der Waals surface area contributed by atoms with E-state index in [9.17, 15) is 9.90 Å². The molecule has 1 aliphatic heterocycles. The van der Waals surface area contributed by atoms with Gasteiger partial charge in [-0.3, -0.25) is 14.7 Å². The van der Waals surface area contributed by atoms with Crippen LogP contribution < -0.4 is 10.0 Å². The molecule has 1 fully saturated rings. The van der Waals surface area contributed by atoms with Crippen LogP contribution in [0.25, 0.3) is 0 Å². The number of furan rings is 1. The summed E-state index contributed by atoms with van der Waals surface area (Å²) in [5, 5.41) is 12.6. The molecule has 1 amide bonds. The molecule has 0 bridgehead atoms. The average Bonchev–Trinajstić information content (AvgIpc) is 3.30. The second-order valence-corrected chi connectivity index (χ2v) is 8.27. The smallest absolute Gasteiger partial charge is 0.289 e. The number of aliphatic imine (C=N–C) groups is 1. The summed E-state index contributed by atoms with van der Waals surface area (Å²) in [4.78, 5) is 19.9. The average molecular weight is 489 g/mol. The van der Waals surface area contributed by atoms with E-state index in [1.165, 1.54) is 17.4 Å². The van der Waals surface area contributed by atoms with Crippen LogP contribution in [0, 0.1) is 0 Å². The molecule has 0 aliphatic carbocycles. The third-order valence-electron chi connectivity index (χ3n) is 5.05. The molecule has 30 heavy (non-hydrogen) atoms. The maximum atomic E-state index is 12.4. The Morgan fingerprint density at radius 2 is 1.93 bits per heavy atom. The molecule has 3 aromatic rings. The zero-order chi connectivity index (χ0) is 21.1. The maximum absolute atomic E-state index is 12.4. The van der Waals surface area contributed by atoms with Crippen LogP contribution in [-0.2, 0) is 0 Å². The first-order valence-corrected chi connectivity index (χ1v) is 10.7.